The molecular formula is C114H92F12N16O8. The van der Waals surface area contributed by atoms with Gasteiger partial charge in [0.1, 0.15) is 12.1 Å². The van der Waals surface area contributed by atoms with Crippen LogP contribution in [0.25, 0.3) is 44.5 Å². The van der Waals surface area contributed by atoms with Gasteiger partial charge in [-0.2, -0.15) is 57.8 Å². The van der Waals surface area contributed by atoms with Crippen LogP contribution in [0.3, 0.4) is 0 Å². The Balaban J connectivity index is 0.000000136. The Bertz CT molecular complexity index is 8000. The maximum absolute atomic E-state index is 13.9. The molecule has 0 aliphatic carbocycles. The molecule has 150 heavy (non-hydrogen) atoms. The normalized spacial score (nSPS) is 14.5. The number of nitrogens with one attached hydrogen (secondary N) is 5. The highest BCUT2D eigenvalue weighted by atomic mass is 19.4. The number of aryl methyl sites for hydroxylation is 4. The Hall–Kier alpha value is -17.9. The summed E-state index contributed by atoms with van der Waals surface area (Å²) in [6, 6.07) is 68.4. The van der Waals surface area contributed by atoms with Crippen molar-refractivity contribution in [2.24, 2.45) is 7.05 Å². The number of anilines is 12. The van der Waals surface area contributed by atoms with Gasteiger partial charge in [0.2, 0.25) is 35.5 Å². The number of fused-ring (bicyclic) bond motifs is 4. The summed E-state index contributed by atoms with van der Waals surface area (Å²) >= 11 is 0. The fourth-order valence-electron chi connectivity index (χ4n) is 18.9. The van der Waals surface area contributed by atoms with Crippen LogP contribution in [0.2, 0.25) is 0 Å². The summed E-state index contributed by atoms with van der Waals surface area (Å²) < 4.78 is 168. The molecule has 4 aromatic heterocycles. The van der Waals surface area contributed by atoms with Crippen molar-refractivity contribution in [2.45, 2.75) is 123 Å². The number of para-hydroxylation sites is 1. The first kappa shape index (κ1) is 104. The maximum Gasteiger partial charge on any atom is 0.417 e. The van der Waals surface area contributed by atoms with Gasteiger partial charge < -0.3 is 26.3 Å². The highest BCUT2D eigenvalue weighted by Gasteiger charge is 2.53. The van der Waals surface area contributed by atoms with Gasteiger partial charge >= 0.3 is 24.7 Å². The van der Waals surface area contributed by atoms with E-state index in [1.165, 1.54) is 99.2 Å². The molecule has 24 nitrogen and oxygen atoms in total. The number of H-pyrrole nitrogens is 1. The number of carbonyl (C=O) groups excluding carboxylic acids is 8. The van der Waals surface area contributed by atoms with Crippen molar-refractivity contribution in [1.82, 2.24) is 39.7 Å². The van der Waals surface area contributed by atoms with Crippen molar-refractivity contribution in [1.29, 1.82) is 0 Å². The van der Waals surface area contributed by atoms with E-state index in [1.54, 1.807) is 274 Å². The van der Waals surface area contributed by atoms with Gasteiger partial charge in [0.25, 0.3) is 23.6 Å². The molecule has 8 amide bonds. The van der Waals surface area contributed by atoms with E-state index >= 15 is 0 Å². The Morgan fingerprint density at radius 1 is 0.313 bits per heavy atom. The van der Waals surface area contributed by atoms with Gasteiger partial charge in [0, 0.05) is 73.0 Å². The Kier molecular flexibility index (Phi) is 27.5. The molecule has 0 unspecified atom stereocenters. The van der Waals surface area contributed by atoms with Gasteiger partial charge in [0.15, 0.2) is 5.82 Å². The van der Waals surface area contributed by atoms with E-state index in [2.05, 4.69) is 56.3 Å². The van der Waals surface area contributed by atoms with Gasteiger partial charge in [-0.3, -0.25) is 52.8 Å². The largest absolute Gasteiger partial charge is 0.417 e. The molecule has 0 radical (unpaired) electrons. The number of nitrogens with zero attached hydrogens (tertiary/aromatic N) is 11. The number of imidazole rings is 1. The number of halogens is 12. The number of benzene rings is 12. The van der Waals surface area contributed by atoms with E-state index in [9.17, 15) is 91.0 Å². The molecule has 0 saturated carbocycles. The first-order chi connectivity index (χ1) is 70.9. The lowest BCUT2D eigenvalue weighted by Crippen LogP contribution is -2.34. The van der Waals surface area contributed by atoms with E-state index in [1.807, 2.05) is 20.8 Å². The van der Waals surface area contributed by atoms with Gasteiger partial charge in [-0.05, 0) is 276 Å². The summed E-state index contributed by atoms with van der Waals surface area (Å²) in [4.78, 5) is 136. The molecule has 8 heterocycles. The van der Waals surface area contributed by atoms with Crippen molar-refractivity contribution >= 4 is 116 Å². The smallest absolute Gasteiger partial charge is 0.330 e. The van der Waals surface area contributed by atoms with Crippen LogP contribution in [0.4, 0.5) is 122 Å². The van der Waals surface area contributed by atoms with Crippen molar-refractivity contribution in [3.63, 3.8) is 0 Å². The van der Waals surface area contributed by atoms with Crippen LogP contribution in [0.5, 0.6) is 0 Å². The summed E-state index contributed by atoms with van der Waals surface area (Å²) in [6.07, 6.45) is -8.16. The number of aromatic amines is 1. The second-order valence-corrected chi connectivity index (χ2v) is 38.1. The van der Waals surface area contributed by atoms with Crippen LogP contribution in [-0.4, -0.2) is 86.9 Å². The lowest BCUT2D eigenvalue weighted by Gasteiger charge is -2.21. The Morgan fingerprint density at radius 2 is 0.627 bits per heavy atom. The van der Waals surface area contributed by atoms with Gasteiger partial charge in [-0.1, -0.05) is 144 Å². The van der Waals surface area contributed by atoms with E-state index in [0.29, 0.717) is 130 Å². The predicted molar refractivity (Wildman–Crippen MR) is 546 cm³/mol. The molecule has 0 spiro atoms. The molecule has 760 valence electrons. The minimum atomic E-state index is -4.74. The SMILES string of the molecule is CC1(C)C(=O)N(c2ncccn2)c2cccc(-c3ccc(C(F)(F)F)c(C(=O)Nc4ccccc4)c3)c21.Cc1ccc(NC(=O)c2cc(-c3cccc4c3C(C)(C)C(=O)N4c3ccn(C)n3)ccc2C(F)(F)F)cc1.Cc1ccc(NC(=O)c2cc(-c3cccc4c3C(C)(C)C(=O)N4c3ccncn3)ccc2C(F)(F)F)cc1.Cc1ccc(NC(=O)c2cc(-c3cccc4c3C(C)(C)C(=O)N4c3ncc[nH]3)ccc2C(F)(F)F)cc1. The third-order valence-electron chi connectivity index (χ3n) is 26.2. The zero-order chi connectivity index (χ0) is 108. The van der Waals surface area contributed by atoms with Crippen LogP contribution in [0.15, 0.2) is 310 Å². The van der Waals surface area contributed by atoms with E-state index in [0.717, 1.165) is 41.0 Å². The number of hydrogen-bond donors (Lipinski definition) is 5. The fraction of sp³-hybridized carbons (Fsp3) is 0.175. The van der Waals surface area contributed by atoms with E-state index in [4.69, 9.17) is 0 Å². The highest BCUT2D eigenvalue weighted by molar-refractivity contribution is 6.18. The topological polar surface area (TPSA) is 296 Å². The number of amides is 8. The van der Waals surface area contributed by atoms with Crippen LogP contribution in [-0.2, 0) is 72.6 Å². The minimum absolute atomic E-state index is 0.201. The van der Waals surface area contributed by atoms with Crippen molar-refractivity contribution < 1.29 is 91.0 Å². The lowest BCUT2D eigenvalue weighted by atomic mass is 9.81. The highest BCUT2D eigenvalue weighted by Crippen LogP contribution is 2.56. The summed E-state index contributed by atoms with van der Waals surface area (Å²) in [6.45, 7) is 19.7. The molecule has 4 aliphatic rings. The first-order valence-electron chi connectivity index (χ1n) is 46.7. The molecule has 0 bridgehead atoms. The van der Waals surface area contributed by atoms with Crippen molar-refractivity contribution in [2.75, 3.05) is 40.9 Å². The third kappa shape index (κ3) is 20.2. The molecule has 0 saturated heterocycles. The minimum Gasteiger partial charge on any atom is -0.330 e. The zero-order valence-corrected chi connectivity index (χ0v) is 82.2. The molecule has 0 fully saturated rings. The molecular weight excluding hydrogens is 1950 g/mol. The molecule has 16 aromatic rings. The van der Waals surface area contributed by atoms with Crippen LogP contribution in [0, 0.1) is 20.8 Å². The summed E-state index contributed by atoms with van der Waals surface area (Å²) in [7, 11) is 1.75. The van der Waals surface area contributed by atoms with Gasteiger partial charge in [0.05, 0.1) is 88.9 Å². The quantitative estimate of drug-likeness (QED) is 0.0562. The summed E-state index contributed by atoms with van der Waals surface area (Å²) in [5.74, 6) is -3.07. The van der Waals surface area contributed by atoms with Crippen molar-refractivity contribution in [3.8, 4) is 44.5 Å². The van der Waals surface area contributed by atoms with E-state index < -0.39 is 115 Å². The average Bonchev–Trinajstić information content (AvgIpc) is 1.58. The van der Waals surface area contributed by atoms with Gasteiger partial charge in [-0.25, -0.2) is 34.7 Å². The standard InChI is InChI=1S/C29H25F3N4O2.C29H23F3N4O2.C28H23F3N4O2.C28H21F3N4O2/c1-17-8-11-19(12-9-17)33-26(37)21-16-18(10-13-22(21)29(30,31)32)20-6-5-7-23-25(20)28(2,3)27(38)36(23)24-14-15-35(4)34-24;1-17-7-10-19(11-8-17)35-26(37)21-15-18(9-12-22(21)29(30,31)32)20-5-4-6-23-25(20)28(2,3)27(38)36(23)24-13-14-33-16-34-24;1-16-7-10-18(11-8-16)34-24(36)20-15-17(9-12-21(20)28(29,30)31)19-5-4-6-22-23(19)27(2,3)25(37)35(22)26-32-13-14-33-26;1-27(2)23-19(10-6-11-22(23)35(25(27)37)26-32-14-7-15-33-26)17-12-13-21(28(29,30)31)20(16-17)24(36)34-18-8-4-3-5-9-18/h5-16H,1-4H3,(H,33,37);4-16H,1-3H3,(H,35,37);4-15H,1-3H3,(H,32,33)(H,34,36);3-16H,1-2H3,(H,34,36). The third-order valence-corrected chi connectivity index (χ3v) is 26.2. The number of hydrogen-bond acceptors (Lipinski definition) is 14. The number of aromatic nitrogens is 8. The molecule has 5 N–H and O–H groups in total. The van der Waals surface area contributed by atoms with Crippen LogP contribution >= 0.6 is 0 Å². The maximum atomic E-state index is 13.9. The second kappa shape index (κ2) is 39.8. The fourth-order valence-corrected chi connectivity index (χ4v) is 18.9. The second-order valence-electron chi connectivity index (χ2n) is 38.1. The molecule has 36 heteroatoms. The predicted octanol–water partition coefficient (Wildman–Crippen LogP) is 26.3. The lowest BCUT2D eigenvalue weighted by molar-refractivity contribution is -0.138. The average molecular weight is 2040 g/mol. The van der Waals surface area contributed by atoms with E-state index in [-0.39, 0.29) is 29.6 Å². The molecule has 0 atom stereocenters. The first-order valence-corrected chi connectivity index (χ1v) is 46.7. The Labute approximate surface area is 851 Å². The zero-order valence-electron chi connectivity index (χ0n) is 82.2. The summed E-state index contributed by atoms with van der Waals surface area (Å²) in [5.41, 5.74) is 2.73. The molecule has 12 aromatic carbocycles. The van der Waals surface area contributed by atoms with Crippen LogP contribution in [0.1, 0.15) is 158 Å². The summed E-state index contributed by atoms with van der Waals surface area (Å²) in [5, 5.41) is 14.6. The number of rotatable bonds is 16. The van der Waals surface area contributed by atoms with Crippen molar-refractivity contribution in [3.05, 3.63) is 394 Å². The molecule has 4 aliphatic heterocycles. The molecule has 20 rings (SSSR count). The number of alkyl halides is 12. The van der Waals surface area contributed by atoms with Crippen LogP contribution < -0.4 is 40.9 Å². The number of carbonyl (C=O) groups is 8. The monoisotopic (exact) mass is 2040 g/mol. The Morgan fingerprint density at radius 3 is 0.933 bits per heavy atom. The van der Waals surface area contributed by atoms with Gasteiger partial charge in [-0.15, -0.1) is 0 Å².